The van der Waals surface area contributed by atoms with Gasteiger partial charge in [0.15, 0.2) is 0 Å². The Morgan fingerprint density at radius 2 is 2.17 bits per heavy atom. The second kappa shape index (κ2) is 1.66. The molecule has 1 fully saturated rings. The van der Waals surface area contributed by atoms with E-state index in [0.29, 0.717) is 0 Å². The van der Waals surface area contributed by atoms with Crippen LogP contribution in [-0.4, -0.2) is 0 Å². The average molecular weight is 145 g/mol. The van der Waals surface area contributed by atoms with Crippen LogP contribution in [0.4, 0.5) is 0 Å². The first-order chi connectivity index (χ1) is 2.93. The molecule has 0 N–H and O–H groups in total. The lowest BCUT2D eigenvalue weighted by atomic mass is 10.5. The van der Waals surface area contributed by atoms with Crippen molar-refractivity contribution in [3.8, 4) is 10.8 Å². The smallest absolute Gasteiger partial charge is 0.0212 e. The number of hydrogen-bond acceptors (Lipinski definition) is 0. The second-order valence-corrected chi connectivity index (χ2v) is 1.91. The molecule has 0 amide bonds. The molecule has 0 radical (unpaired) electrons. The van der Waals surface area contributed by atoms with Crippen molar-refractivity contribution in [1.29, 1.82) is 0 Å². The fourth-order valence-electron chi connectivity index (χ4n) is 0.305. The summed E-state index contributed by atoms with van der Waals surface area (Å²) in [6, 6.07) is 0. The highest BCUT2D eigenvalue weighted by Crippen LogP contribution is 2.27. The molecular formula is C5H5Br. The van der Waals surface area contributed by atoms with Crippen LogP contribution in [0, 0.1) is 16.7 Å². The van der Waals surface area contributed by atoms with Gasteiger partial charge in [-0.15, -0.1) is 0 Å². The van der Waals surface area contributed by atoms with Gasteiger partial charge in [-0.3, -0.25) is 0 Å². The van der Waals surface area contributed by atoms with E-state index in [9.17, 15) is 0 Å². The molecule has 0 atom stereocenters. The molecule has 0 unspecified atom stereocenters. The molecule has 0 bridgehead atoms. The summed E-state index contributed by atoms with van der Waals surface area (Å²) in [6.07, 6.45) is 2.64. The Balaban J connectivity index is 2.27. The lowest BCUT2D eigenvalue weighted by Gasteiger charge is -1.61. The molecule has 0 aromatic carbocycles. The zero-order valence-electron chi connectivity index (χ0n) is 3.37. The normalized spacial score (nSPS) is 18.8. The summed E-state index contributed by atoms with van der Waals surface area (Å²) in [4.78, 5) is 2.69. The highest BCUT2D eigenvalue weighted by atomic mass is 79.9. The minimum absolute atomic E-state index is 0.740. The van der Waals surface area contributed by atoms with Gasteiger partial charge in [0.1, 0.15) is 0 Å². The Morgan fingerprint density at radius 1 is 1.50 bits per heavy atom. The number of hydrogen-bond donors (Lipinski definition) is 0. The van der Waals surface area contributed by atoms with E-state index in [4.69, 9.17) is 0 Å². The van der Waals surface area contributed by atoms with E-state index in [1.807, 2.05) is 0 Å². The Morgan fingerprint density at radius 3 is 2.33 bits per heavy atom. The maximum atomic E-state index is 3.03. The Hall–Kier alpha value is 0.0400. The van der Waals surface area contributed by atoms with E-state index < -0.39 is 0 Å². The maximum absolute atomic E-state index is 3.03. The van der Waals surface area contributed by atoms with Crippen LogP contribution in [0.5, 0.6) is 0 Å². The highest BCUT2D eigenvalue weighted by molar-refractivity contribution is 9.12. The monoisotopic (exact) mass is 144 g/mol. The fourth-order valence-corrected chi connectivity index (χ4v) is 0.629. The van der Waals surface area contributed by atoms with Crippen molar-refractivity contribution in [2.75, 3.05) is 0 Å². The van der Waals surface area contributed by atoms with Gasteiger partial charge in [0, 0.05) is 21.8 Å². The first-order valence-corrected chi connectivity index (χ1v) is 2.84. The largest absolute Gasteiger partial charge is 0.0874 e. The first kappa shape index (κ1) is 4.21. The molecule has 32 valence electrons. The highest BCUT2D eigenvalue weighted by Gasteiger charge is 2.17. The third-order valence-electron chi connectivity index (χ3n) is 0.836. The van der Waals surface area contributed by atoms with Crippen LogP contribution in [0.1, 0.15) is 12.8 Å². The van der Waals surface area contributed by atoms with Gasteiger partial charge in [0.25, 0.3) is 0 Å². The van der Waals surface area contributed by atoms with Gasteiger partial charge in [-0.05, 0) is 17.7 Å². The van der Waals surface area contributed by atoms with Gasteiger partial charge in [0.2, 0.25) is 0 Å². The molecule has 6 heavy (non-hydrogen) atoms. The molecule has 0 aromatic rings. The second-order valence-electron chi connectivity index (χ2n) is 1.51. The zero-order valence-corrected chi connectivity index (χ0v) is 4.96. The van der Waals surface area contributed by atoms with Gasteiger partial charge in [-0.2, -0.15) is 0 Å². The Bertz CT molecular complexity index is 92.2. The SMILES string of the molecule is BrC#CC1CC1. The topological polar surface area (TPSA) is 0 Å². The van der Waals surface area contributed by atoms with Crippen LogP contribution in [0.2, 0.25) is 0 Å². The van der Waals surface area contributed by atoms with Gasteiger partial charge in [-0.25, -0.2) is 0 Å². The Labute approximate surface area is 46.1 Å². The molecule has 1 heteroatoms. The molecule has 0 heterocycles. The number of rotatable bonds is 0. The zero-order chi connectivity index (χ0) is 4.41. The quantitative estimate of drug-likeness (QED) is 0.455. The molecular weight excluding hydrogens is 140 g/mol. The summed E-state index contributed by atoms with van der Waals surface area (Å²) in [7, 11) is 0. The van der Waals surface area contributed by atoms with Gasteiger partial charge >= 0.3 is 0 Å². The van der Waals surface area contributed by atoms with Crippen molar-refractivity contribution in [2.24, 2.45) is 5.92 Å². The van der Waals surface area contributed by atoms with Crippen LogP contribution in [0.15, 0.2) is 0 Å². The van der Waals surface area contributed by atoms with E-state index in [1.54, 1.807) is 0 Å². The standard InChI is InChI=1S/C5H5Br/c6-4-3-5-1-2-5/h5H,1-2H2. The van der Waals surface area contributed by atoms with E-state index in [2.05, 4.69) is 26.7 Å². The Kier molecular flexibility index (Phi) is 1.16. The van der Waals surface area contributed by atoms with Crippen molar-refractivity contribution in [1.82, 2.24) is 0 Å². The average Bonchev–Trinajstić information content (AvgIpc) is 2.21. The molecule has 0 aromatic heterocycles. The van der Waals surface area contributed by atoms with Gasteiger partial charge < -0.3 is 0 Å². The van der Waals surface area contributed by atoms with Crippen LogP contribution >= 0.6 is 15.9 Å². The lowest BCUT2D eigenvalue weighted by molar-refractivity contribution is 1.18. The van der Waals surface area contributed by atoms with E-state index in [-0.39, 0.29) is 0 Å². The minimum Gasteiger partial charge on any atom is -0.0874 e. The fraction of sp³-hybridized carbons (Fsp3) is 0.600. The first-order valence-electron chi connectivity index (χ1n) is 2.04. The summed E-state index contributed by atoms with van der Waals surface area (Å²) in [5, 5.41) is 0. The van der Waals surface area contributed by atoms with Crippen molar-refractivity contribution >= 4 is 15.9 Å². The van der Waals surface area contributed by atoms with Crippen molar-refractivity contribution in [2.45, 2.75) is 12.8 Å². The molecule has 0 saturated heterocycles. The van der Waals surface area contributed by atoms with Crippen LogP contribution < -0.4 is 0 Å². The van der Waals surface area contributed by atoms with E-state index >= 15 is 0 Å². The summed E-state index contributed by atoms with van der Waals surface area (Å²) in [5.41, 5.74) is 0. The van der Waals surface area contributed by atoms with Crippen LogP contribution in [-0.2, 0) is 0 Å². The van der Waals surface area contributed by atoms with Crippen molar-refractivity contribution < 1.29 is 0 Å². The summed E-state index contributed by atoms with van der Waals surface area (Å²) < 4.78 is 0. The van der Waals surface area contributed by atoms with Gasteiger partial charge in [-0.1, -0.05) is 5.92 Å². The number of halogens is 1. The van der Waals surface area contributed by atoms with E-state index in [1.165, 1.54) is 12.8 Å². The van der Waals surface area contributed by atoms with Crippen molar-refractivity contribution in [3.63, 3.8) is 0 Å². The van der Waals surface area contributed by atoms with E-state index in [0.717, 1.165) is 5.92 Å². The molecule has 0 aliphatic heterocycles. The summed E-state index contributed by atoms with van der Waals surface area (Å²) >= 11 is 3.03. The molecule has 1 saturated carbocycles. The predicted molar refractivity (Wildman–Crippen MR) is 29.4 cm³/mol. The molecule has 0 spiro atoms. The predicted octanol–water partition coefficient (Wildman–Crippen LogP) is 1.75. The molecule has 1 aliphatic rings. The van der Waals surface area contributed by atoms with Crippen molar-refractivity contribution in [3.05, 3.63) is 0 Å². The summed E-state index contributed by atoms with van der Waals surface area (Å²) in [5.74, 6) is 3.73. The third kappa shape index (κ3) is 1.02. The van der Waals surface area contributed by atoms with Crippen LogP contribution in [0.25, 0.3) is 0 Å². The molecule has 1 aliphatic carbocycles. The lowest BCUT2D eigenvalue weighted by Crippen LogP contribution is -1.54. The van der Waals surface area contributed by atoms with Gasteiger partial charge in [0.05, 0.1) is 0 Å². The molecule has 0 nitrogen and oxygen atoms in total. The van der Waals surface area contributed by atoms with Crippen LogP contribution in [0.3, 0.4) is 0 Å². The molecule has 1 rings (SSSR count). The summed E-state index contributed by atoms with van der Waals surface area (Å²) in [6.45, 7) is 0. The minimum atomic E-state index is 0.740. The third-order valence-corrected chi connectivity index (χ3v) is 1.06. The maximum Gasteiger partial charge on any atom is 0.0212 e.